The Bertz CT molecular complexity index is 596. The maximum absolute atomic E-state index is 4.70. The van der Waals surface area contributed by atoms with Crippen LogP contribution in [0.3, 0.4) is 0 Å². The molecule has 1 atom stereocenters. The quantitative estimate of drug-likeness (QED) is 0.843. The van der Waals surface area contributed by atoms with Gasteiger partial charge in [0.25, 0.3) is 0 Å². The molecule has 2 aromatic heterocycles. The molecule has 1 saturated heterocycles. The fraction of sp³-hybridized carbons (Fsp3) is 0.571. The summed E-state index contributed by atoms with van der Waals surface area (Å²) in [4.78, 5) is 14.0. The third kappa shape index (κ3) is 2.54. The Hall–Kier alpha value is -1.14. The second-order valence-corrected chi connectivity index (χ2v) is 6.23. The molecule has 3 rings (SSSR count). The van der Waals surface area contributed by atoms with Crippen LogP contribution >= 0.6 is 15.9 Å². The van der Waals surface area contributed by atoms with Gasteiger partial charge in [-0.1, -0.05) is 6.92 Å². The van der Waals surface area contributed by atoms with E-state index >= 15 is 0 Å². The Kier molecular flexibility index (Phi) is 3.94. The molecule has 0 aromatic carbocycles. The van der Waals surface area contributed by atoms with Crippen molar-refractivity contribution in [2.75, 3.05) is 31.6 Å². The normalized spacial score (nSPS) is 21.4. The number of likely N-dealkylation sites (N-methyl/N-ethyl adjacent to an activating group) is 1. The minimum absolute atomic E-state index is 0.491. The van der Waals surface area contributed by atoms with Gasteiger partial charge >= 0.3 is 0 Å². The summed E-state index contributed by atoms with van der Waals surface area (Å²) in [6, 6.07) is 0.491. The smallest absolute Gasteiger partial charge is 0.180 e. The number of halogens is 1. The molecule has 0 amide bonds. The molecule has 6 heteroatoms. The molecule has 0 radical (unpaired) electrons. The summed E-state index contributed by atoms with van der Waals surface area (Å²) < 4.78 is 2.89. The predicted octanol–water partition coefficient (Wildman–Crippen LogP) is 2.41. The second kappa shape index (κ2) is 5.69. The Morgan fingerprint density at radius 3 is 3.05 bits per heavy atom. The molecule has 0 aliphatic carbocycles. The minimum atomic E-state index is 0.491. The van der Waals surface area contributed by atoms with E-state index in [4.69, 9.17) is 4.98 Å². The lowest BCUT2D eigenvalue weighted by Crippen LogP contribution is -2.40. The number of rotatable bonds is 2. The first kappa shape index (κ1) is 13.8. The van der Waals surface area contributed by atoms with Crippen LogP contribution in [0.1, 0.15) is 19.8 Å². The first-order valence-electron chi connectivity index (χ1n) is 7.13. The van der Waals surface area contributed by atoms with Crippen LogP contribution < -0.4 is 4.90 Å². The van der Waals surface area contributed by atoms with Gasteiger partial charge < -0.3 is 14.2 Å². The topological polar surface area (TPSA) is 36.7 Å². The average Bonchev–Trinajstić information content (AvgIpc) is 2.80. The van der Waals surface area contributed by atoms with Gasteiger partial charge in [-0.05, 0) is 42.4 Å². The van der Waals surface area contributed by atoms with Crippen LogP contribution in [0, 0.1) is 0 Å². The van der Waals surface area contributed by atoms with E-state index in [1.807, 2.05) is 23.0 Å². The Morgan fingerprint density at radius 2 is 2.25 bits per heavy atom. The van der Waals surface area contributed by atoms with Gasteiger partial charge in [-0.25, -0.2) is 9.97 Å². The van der Waals surface area contributed by atoms with Gasteiger partial charge in [0.15, 0.2) is 11.5 Å². The van der Waals surface area contributed by atoms with Crippen molar-refractivity contribution >= 4 is 27.4 Å². The zero-order valence-electron chi connectivity index (χ0n) is 12.0. The zero-order valence-corrected chi connectivity index (χ0v) is 13.5. The summed E-state index contributed by atoms with van der Waals surface area (Å²) in [6.07, 6.45) is 8.03. The highest BCUT2D eigenvalue weighted by molar-refractivity contribution is 9.10. The largest absolute Gasteiger partial charge is 0.349 e. The molecule has 0 spiro atoms. The van der Waals surface area contributed by atoms with Crippen molar-refractivity contribution in [1.29, 1.82) is 0 Å². The van der Waals surface area contributed by atoms with Crippen LogP contribution in [0.2, 0.25) is 0 Å². The Labute approximate surface area is 127 Å². The Balaban J connectivity index is 2.05. The van der Waals surface area contributed by atoms with E-state index in [0.717, 1.165) is 48.5 Å². The van der Waals surface area contributed by atoms with Gasteiger partial charge in [0.1, 0.15) is 4.60 Å². The molecule has 20 heavy (non-hydrogen) atoms. The third-order valence-corrected chi connectivity index (χ3v) is 4.35. The third-order valence-electron chi connectivity index (χ3n) is 3.97. The van der Waals surface area contributed by atoms with Crippen molar-refractivity contribution < 1.29 is 0 Å². The van der Waals surface area contributed by atoms with Crippen molar-refractivity contribution in [3.8, 4) is 0 Å². The lowest BCUT2D eigenvalue weighted by Gasteiger charge is -2.31. The van der Waals surface area contributed by atoms with E-state index in [1.165, 1.54) is 0 Å². The molecule has 1 aliphatic heterocycles. The van der Waals surface area contributed by atoms with Gasteiger partial charge in [-0.15, -0.1) is 0 Å². The van der Waals surface area contributed by atoms with Gasteiger partial charge in [0.05, 0.1) is 0 Å². The van der Waals surface area contributed by atoms with Crippen LogP contribution in [0.15, 0.2) is 23.2 Å². The average molecular weight is 338 g/mol. The van der Waals surface area contributed by atoms with Crippen molar-refractivity contribution in [3.05, 3.63) is 23.2 Å². The molecular formula is C14H20BrN5. The van der Waals surface area contributed by atoms with Crippen molar-refractivity contribution in [3.63, 3.8) is 0 Å². The van der Waals surface area contributed by atoms with Crippen LogP contribution in [0.5, 0.6) is 0 Å². The van der Waals surface area contributed by atoms with E-state index < -0.39 is 0 Å². The minimum Gasteiger partial charge on any atom is -0.349 e. The molecule has 0 saturated carbocycles. The lowest BCUT2D eigenvalue weighted by molar-refractivity contribution is 0.327. The molecule has 1 aliphatic rings. The molecular weight excluding hydrogens is 318 g/mol. The van der Waals surface area contributed by atoms with E-state index in [2.05, 4.69) is 44.7 Å². The number of fused-ring (bicyclic) bond motifs is 1. The molecule has 0 N–H and O–H groups in total. The fourth-order valence-corrected chi connectivity index (χ4v) is 3.34. The molecule has 5 nitrogen and oxygen atoms in total. The number of hydrogen-bond acceptors (Lipinski definition) is 4. The van der Waals surface area contributed by atoms with Crippen molar-refractivity contribution in [2.24, 2.45) is 0 Å². The predicted molar refractivity (Wildman–Crippen MR) is 84.2 cm³/mol. The molecule has 108 valence electrons. The zero-order chi connectivity index (χ0) is 14.1. The molecule has 2 aromatic rings. The van der Waals surface area contributed by atoms with Gasteiger partial charge in [-0.2, -0.15) is 0 Å². The fourth-order valence-electron chi connectivity index (χ4n) is 2.95. The summed E-state index contributed by atoms with van der Waals surface area (Å²) in [5.41, 5.74) is 0.941. The van der Waals surface area contributed by atoms with E-state index in [9.17, 15) is 0 Å². The van der Waals surface area contributed by atoms with Crippen molar-refractivity contribution in [1.82, 2.24) is 19.3 Å². The number of hydrogen-bond donors (Lipinski definition) is 0. The molecule has 0 bridgehead atoms. The van der Waals surface area contributed by atoms with Crippen LogP contribution in [-0.2, 0) is 0 Å². The van der Waals surface area contributed by atoms with Gasteiger partial charge in [0, 0.05) is 37.7 Å². The summed E-state index contributed by atoms with van der Waals surface area (Å²) in [6.45, 7) is 5.51. The molecule has 1 unspecified atom stereocenters. The highest BCUT2D eigenvalue weighted by Crippen LogP contribution is 2.25. The molecule has 3 heterocycles. The first-order chi connectivity index (χ1) is 9.69. The highest BCUT2D eigenvalue weighted by Gasteiger charge is 2.25. The van der Waals surface area contributed by atoms with E-state index in [1.54, 1.807) is 0 Å². The maximum Gasteiger partial charge on any atom is 0.180 e. The SMILES string of the molecule is CCC1CN(C)CCCN1c1nc(Br)cn2ccnc12. The van der Waals surface area contributed by atoms with Crippen LogP contribution in [0.25, 0.3) is 5.65 Å². The first-order valence-corrected chi connectivity index (χ1v) is 7.92. The monoisotopic (exact) mass is 337 g/mol. The summed E-state index contributed by atoms with van der Waals surface area (Å²) in [5, 5.41) is 0. The number of nitrogens with zero attached hydrogens (tertiary/aromatic N) is 5. The van der Waals surface area contributed by atoms with Crippen LogP contribution in [0.4, 0.5) is 5.82 Å². The highest BCUT2D eigenvalue weighted by atomic mass is 79.9. The summed E-state index contributed by atoms with van der Waals surface area (Å²) in [5.74, 6) is 0.992. The van der Waals surface area contributed by atoms with E-state index in [-0.39, 0.29) is 0 Å². The van der Waals surface area contributed by atoms with Crippen LogP contribution in [-0.4, -0.2) is 52.0 Å². The Morgan fingerprint density at radius 1 is 1.40 bits per heavy atom. The summed E-state index contributed by atoms with van der Waals surface area (Å²) in [7, 11) is 2.20. The number of anilines is 1. The van der Waals surface area contributed by atoms with E-state index in [0.29, 0.717) is 6.04 Å². The second-order valence-electron chi connectivity index (χ2n) is 5.42. The standard InChI is InChI=1S/C14H20BrN5/c1-3-11-9-18(2)6-4-7-20(11)14-13-16-5-8-19(13)10-12(15)17-14/h5,8,10-11H,3-4,6-7,9H2,1-2H3. The summed E-state index contributed by atoms with van der Waals surface area (Å²) >= 11 is 3.51. The number of aromatic nitrogens is 3. The number of imidazole rings is 1. The molecule has 1 fully saturated rings. The van der Waals surface area contributed by atoms with Gasteiger partial charge in [0.2, 0.25) is 0 Å². The lowest BCUT2D eigenvalue weighted by atomic mass is 10.2. The van der Waals surface area contributed by atoms with Gasteiger partial charge in [-0.3, -0.25) is 0 Å². The maximum atomic E-state index is 4.70. The van der Waals surface area contributed by atoms with Crippen molar-refractivity contribution in [2.45, 2.75) is 25.8 Å².